The minimum Gasteiger partial charge on any atom is -0.356 e. The van der Waals surface area contributed by atoms with Gasteiger partial charge in [-0.3, -0.25) is 14.8 Å². The lowest BCUT2D eigenvalue weighted by Crippen LogP contribution is -2.42. The fourth-order valence-electron chi connectivity index (χ4n) is 1.94. The van der Waals surface area contributed by atoms with Crippen LogP contribution in [0.2, 0.25) is 0 Å². The van der Waals surface area contributed by atoms with Crippen molar-refractivity contribution < 1.29 is 4.79 Å². The number of amides is 1. The van der Waals surface area contributed by atoms with Crippen LogP contribution in [-0.2, 0) is 17.6 Å². The lowest BCUT2D eigenvalue weighted by atomic mass is 10.4. The summed E-state index contributed by atoms with van der Waals surface area (Å²) in [4.78, 5) is 25.6. The first-order chi connectivity index (χ1) is 11.7. The van der Waals surface area contributed by atoms with Crippen molar-refractivity contribution in [3.63, 3.8) is 0 Å². The zero-order valence-corrected chi connectivity index (χ0v) is 17.4. The number of aryl methyl sites for hydroxylation is 1. The Labute approximate surface area is 168 Å². The number of rotatable bonds is 7. The van der Waals surface area contributed by atoms with Crippen LogP contribution >= 0.6 is 35.3 Å². The Morgan fingerprint density at radius 2 is 2.16 bits per heavy atom. The molecule has 0 fully saturated rings. The number of hydrogen-bond acceptors (Lipinski definition) is 5. The highest BCUT2D eigenvalue weighted by Crippen LogP contribution is 2.13. The van der Waals surface area contributed by atoms with Gasteiger partial charge in [-0.2, -0.15) is 0 Å². The summed E-state index contributed by atoms with van der Waals surface area (Å²) >= 11 is 1.73. The largest absolute Gasteiger partial charge is 0.356 e. The molecular weight excluding hydrogens is 451 g/mol. The van der Waals surface area contributed by atoms with Crippen LogP contribution < -0.4 is 16.0 Å². The van der Waals surface area contributed by atoms with Gasteiger partial charge in [0.15, 0.2) is 5.96 Å². The number of anilines is 1. The van der Waals surface area contributed by atoms with Crippen molar-refractivity contribution in [1.82, 2.24) is 20.6 Å². The molecule has 0 aliphatic carbocycles. The molecule has 2 aromatic rings. The normalized spacial score (nSPS) is 10.7. The molecule has 0 aromatic carbocycles. The third-order valence-corrected chi connectivity index (χ3v) is 4.37. The number of aliphatic imine (C=N–C) groups is 1. The molecule has 0 saturated heterocycles. The topological polar surface area (TPSA) is 91.3 Å². The third kappa shape index (κ3) is 7.78. The molecule has 2 heterocycles. The van der Waals surface area contributed by atoms with Gasteiger partial charge in [0, 0.05) is 37.3 Å². The zero-order chi connectivity index (χ0) is 17.2. The molecule has 0 spiro atoms. The maximum absolute atomic E-state index is 11.9. The molecule has 0 aliphatic heterocycles. The highest BCUT2D eigenvalue weighted by molar-refractivity contribution is 14.0. The second-order valence-corrected chi connectivity index (χ2v) is 6.17. The summed E-state index contributed by atoms with van der Waals surface area (Å²) in [5, 5.41) is 10.0. The molecule has 7 nitrogen and oxygen atoms in total. The van der Waals surface area contributed by atoms with E-state index in [0.29, 0.717) is 18.2 Å². The Bertz CT molecular complexity index is 676. The molecule has 3 N–H and O–H groups in total. The van der Waals surface area contributed by atoms with Crippen molar-refractivity contribution in [1.29, 1.82) is 0 Å². The predicted octanol–water partition coefficient (Wildman–Crippen LogP) is 2.06. The number of thiazole rings is 1. The van der Waals surface area contributed by atoms with Crippen molar-refractivity contribution in [3.8, 4) is 0 Å². The third-order valence-electron chi connectivity index (χ3n) is 3.17. The van der Waals surface area contributed by atoms with Crippen molar-refractivity contribution in [2.45, 2.75) is 19.8 Å². The number of hydrogen-bond donors (Lipinski definition) is 3. The lowest BCUT2D eigenvalue weighted by molar-refractivity contribution is -0.115. The van der Waals surface area contributed by atoms with Crippen LogP contribution in [0, 0.1) is 0 Å². The van der Waals surface area contributed by atoms with E-state index in [9.17, 15) is 4.79 Å². The minimum absolute atomic E-state index is 0. The van der Waals surface area contributed by atoms with Gasteiger partial charge in [-0.1, -0.05) is 6.92 Å². The quantitative estimate of drug-likeness (QED) is 0.325. The Kier molecular flexibility index (Phi) is 10.0. The van der Waals surface area contributed by atoms with E-state index in [1.165, 1.54) is 4.88 Å². The second kappa shape index (κ2) is 11.7. The van der Waals surface area contributed by atoms with E-state index in [2.05, 4.69) is 37.8 Å². The van der Waals surface area contributed by atoms with Gasteiger partial charge in [0.1, 0.15) is 0 Å². The molecule has 25 heavy (non-hydrogen) atoms. The van der Waals surface area contributed by atoms with Crippen LogP contribution in [0.4, 0.5) is 5.69 Å². The Balaban J connectivity index is 0.00000312. The van der Waals surface area contributed by atoms with Gasteiger partial charge in [0.2, 0.25) is 5.91 Å². The summed E-state index contributed by atoms with van der Waals surface area (Å²) in [6.45, 7) is 2.96. The fraction of sp³-hybridized carbons (Fsp3) is 0.375. The zero-order valence-electron chi connectivity index (χ0n) is 14.3. The maximum atomic E-state index is 11.9. The summed E-state index contributed by atoms with van der Waals surface area (Å²) in [6.07, 6.45) is 7.03. The Hall–Kier alpha value is -1.75. The SMILES string of the molecule is CCc1cnc(CCNC(=NC)NCC(=O)Nc2cccnc2)s1.I. The van der Waals surface area contributed by atoms with Gasteiger partial charge in [-0.25, -0.2) is 4.98 Å². The van der Waals surface area contributed by atoms with Gasteiger partial charge in [0.05, 0.1) is 23.4 Å². The first-order valence-electron chi connectivity index (χ1n) is 7.79. The van der Waals surface area contributed by atoms with Gasteiger partial charge >= 0.3 is 0 Å². The molecule has 1 amide bonds. The predicted molar refractivity (Wildman–Crippen MR) is 113 cm³/mol. The fourth-order valence-corrected chi connectivity index (χ4v) is 2.80. The van der Waals surface area contributed by atoms with Crippen LogP contribution in [0.15, 0.2) is 35.7 Å². The van der Waals surface area contributed by atoms with Crippen molar-refractivity contribution >= 4 is 52.9 Å². The van der Waals surface area contributed by atoms with Crippen molar-refractivity contribution in [3.05, 3.63) is 40.6 Å². The highest BCUT2D eigenvalue weighted by atomic mass is 127. The van der Waals surface area contributed by atoms with Gasteiger partial charge < -0.3 is 16.0 Å². The average Bonchev–Trinajstić information content (AvgIpc) is 3.07. The van der Waals surface area contributed by atoms with Crippen LogP contribution in [0.25, 0.3) is 0 Å². The molecule has 9 heteroatoms. The van der Waals surface area contributed by atoms with E-state index in [1.807, 2.05) is 6.20 Å². The molecule has 136 valence electrons. The smallest absolute Gasteiger partial charge is 0.243 e. The molecule has 0 aliphatic rings. The number of carbonyl (C=O) groups is 1. The van der Waals surface area contributed by atoms with Gasteiger partial charge in [0.25, 0.3) is 0 Å². The van der Waals surface area contributed by atoms with Crippen LogP contribution in [-0.4, -0.2) is 42.0 Å². The van der Waals surface area contributed by atoms with Gasteiger partial charge in [-0.15, -0.1) is 35.3 Å². The maximum Gasteiger partial charge on any atom is 0.243 e. The molecule has 0 unspecified atom stereocenters. The summed E-state index contributed by atoms with van der Waals surface area (Å²) in [5.74, 6) is 0.432. The Morgan fingerprint density at radius 1 is 1.32 bits per heavy atom. The van der Waals surface area contributed by atoms with Gasteiger partial charge in [-0.05, 0) is 18.6 Å². The van der Waals surface area contributed by atoms with E-state index in [4.69, 9.17) is 0 Å². The molecule has 2 rings (SSSR count). The first kappa shape index (κ1) is 21.3. The second-order valence-electron chi connectivity index (χ2n) is 4.97. The minimum atomic E-state index is -0.154. The molecular formula is C16H23IN6OS. The van der Waals surface area contributed by atoms with E-state index in [-0.39, 0.29) is 36.4 Å². The molecule has 0 atom stereocenters. The van der Waals surface area contributed by atoms with Crippen molar-refractivity contribution in [2.24, 2.45) is 4.99 Å². The number of halogens is 1. The molecule has 0 saturated carbocycles. The van der Waals surface area contributed by atoms with Crippen LogP contribution in [0.3, 0.4) is 0 Å². The molecule has 2 aromatic heterocycles. The lowest BCUT2D eigenvalue weighted by Gasteiger charge is -2.11. The van der Waals surface area contributed by atoms with E-state index >= 15 is 0 Å². The number of pyridine rings is 1. The summed E-state index contributed by atoms with van der Waals surface area (Å²) in [5.41, 5.74) is 0.669. The number of aromatic nitrogens is 2. The van der Waals surface area contributed by atoms with Crippen LogP contribution in [0.5, 0.6) is 0 Å². The number of carbonyl (C=O) groups excluding carboxylic acids is 1. The molecule has 0 bridgehead atoms. The van der Waals surface area contributed by atoms with E-state index in [0.717, 1.165) is 17.8 Å². The van der Waals surface area contributed by atoms with E-state index in [1.54, 1.807) is 42.9 Å². The number of nitrogens with one attached hydrogen (secondary N) is 3. The standard InChI is InChI=1S/C16H22N6OS.HI/c1-3-13-10-20-15(24-13)6-8-19-16(17-2)21-11-14(23)22-12-5-4-7-18-9-12;/h4-5,7,9-10H,3,6,8,11H2,1-2H3,(H,22,23)(H2,17,19,21);1H. The molecule has 0 radical (unpaired) electrons. The first-order valence-corrected chi connectivity index (χ1v) is 8.61. The van der Waals surface area contributed by atoms with Crippen LogP contribution in [0.1, 0.15) is 16.8 Å². The Morgan fingerprint density at radius 3 is 2.80 bits per heavy atom. The summed E-state index contributed by atoms with van der Waals surface area (Å²) in [7, 11) is 1.67. The number of guanidine groups is 1. The van der Waals surface area contributed by atoms with E-state index < -0.39 is 0 Å². The number of nitrogens with zero attached hydrogens (tertiary/aromatic N) is 3. The summed E-state index contributed by atoms with van der Waals surface area (Å²) < 4.78 is 0. The monoisotopic (exact) mass is 474 g/mol. The highest BCUT2D eigenvalue weighted by Gasteiger charge is 2.05. The average molecular weight is 474 g/mol. The summed E-state index contributed by atoms with van der Waals surface area (Å²) in [6, 6.07) is 3.56. The van der Waals surface area contributed by atoms with Crippen molar-refractivity contribution in [2.75, 3.05) is 25.5 Å².